The minimum absolute atomic E-state index is 0.129. The topological polar surface area (TPSA) is 49.3 Å². The van der Waals surface area contributed by atoms with E-state index in [0.29, 0.717) is 11.5 Å². The molecule has 0 radical (unpaired) electrons. The van der Waals surface area contributed by atoms with Crippen molar-refractivity contribution in [3.63, 3.8) is 0 Å². The van der Waals surface area contributed by atoms with E-state index in [1.165, 1.54) is 16.7 Å². The van der Waals surface area contributed by atoms with E-state index in [9.17, 15) is 9.90 Å². The molecule has 0 spiro atoms. The minimum Gasteiger partial charge on any atom is -0.478 e. The quantitative estimate of drug-likeness (QED) is 0.621. The lowest BCUT2D eigenvalue weighted by Crippen LogP contribution is -2.30. The van der Waals surface area contributed by atoms with E-state index in [1.807, 2.05) is 30.3 Å². The van der Waals surface area contributed by atoms with Crippen molar-refractivity contribution in [3.8, 4) is 0 Å². The summed E-state index contributed by atoms with van der Waals surface area (Å²) in [5.74, 6) is -0.393. The fraction of sp³-hybridized carbons (Fsp3) is 0.174. The van der Waals surface area contributed by atoms with Crippen molar-refractivity contribution in [1.82, 2.24) is 0 Å². The van der Waals surface area contributed by atoms with E-state index < -0.39 is 5.97 Å². The Labute approximate surface area is 162 Å². The van der Waals surface area contributed by atoms with Gasteiger partial charge in [-0.15, -0.1) is 0 Å². The molecular formula is C23H18ClNO2. The van der Waals surface area contributed by atoms with Gasteiger partial charge in [0.25, 0.3) is 0 Å². The van der Waals surface area contributed by atoms with Crippen LogP contribution in [0, 0.1) is 5.92 Å². The second kappa shape index (κ2) is 6.14. The second-order valence-electron chi connectivity index (χ2n) is 7.33. The molecule has 4 heteroatoms. The monoisotopic (exact) mass is 375 g/mol. The van der Waals surface area contributed by atoms with Gasteiger partial charge in [-0.2, -0.15) is 0 Å². The Bertz CT molecular complexity index is 1060. The molecule has 5 rings (SSSR count). The molecule has 0 unspecified atom stereocenters. The van der Waals surface area contributed by atoms with Crippen molar-refractivity contribution in [2.24, 2.45) is 5.92 Å². The Morgan fingerprint density at radius 1 is 1.00 bits per heavy atom. The summed E-state index contributed by atoms with van der Waals surface area (Å²) in [4.78, 5) is 11.5. The van der Waals surface area contributed by atoms with E-state index in [-0.39, 0.29) is 12.0 Å². The van der Waals surface area contributed by atoms with Crippen molar-refractivity contribution < 1.29 is 9.90 Å². The number of anilines is 1. The molecule has 0 amide bonds. The number of carboxylic acid groups (broad SMARTS) is 1. The van der Waals surface area contributed by atoms with E-state index >= 15 is 0 Å². The number of aromatic carboxylic acids is 1. The number of fused-ring (bicyclic) bond motifs is 5. The van der Waals surface area contributed by atoms with Crippen LogP contribution in [-0.4, -0.2) is 11.1 Å². The van der Waals surface area contributed by atoms with Crippen molar-refractivity contribution >= 4 is 23.3 Å². The lowest BCUT2D eigenvalue weighted by Gasteiger charge is -2.38. The van der Waals surface area contributed by atoms with Gasteiger partial charge in [0, 0.05) is 16.6 Å². The molecule has 3 aromatic rings. The summed E-state index contributed by atoms with van der Waals surface area (Å²) in [6, 6.07) is 22.0. The number of rotatable bonds is 2. The van der Waals surface area contributed by atoms with Crippen LogP contribution in [0.2, 0.25) is 5.02 Å². The molecule has 3 atom stereocenters. The highest BCUT2D eigenvalue weighted by atomic mass is 35.5. The third-order valence-electron chi connectivity index (χ3n) is 5.85. The normalized spacial score (nSPS) is 22.3. The van der Waals surface area contributed by atoms with Crippen LogP contribution in [0.1, 0.15) is 44.6 Å². The van der Waals surface area contributed by atoms with Crippen LogP contribution < -0.4 is 5.32 Å². The molecule has 3 aromatic carbocycles. The van der Waals surface area contributed by atoms with Crippen molar-refractivity contribution in [2.75, 3.05) is 5.32 Å². The maximum absolute atomic E-state index is 11.5. The number of halogens is 1. The Kier molecular flexibility index (Phi) is 3.73. The summed E-state index contributed by atoms with van der Waals surface area (Å²) in [7, 11) is 0. The number of hydrogen-bond donors (Lipinski definition) is 2. The zero-order chi connectivity index (χ0) is 18.5. The number of nitrogens with one attached hydrogen (secondary N) is 1. The Hall–Kier alpha value is -2.78. The fourth-order valence-corrected chi connectivity index (χ4v) is 4.92. The van der Waals surface area contributed by atoms with Gasteiger partial charge in [0.1, 0.15) is 0 Å². The summed E-state index contributed by atoms with van der Waals surface area (Å²) in [5, 5.41) is 13.8. The van der Waals surface area contributed by atoms with E-state index in [1.54, 1.807) is 6.07 Å². The maximum atomic E-state index is 11.5. The van der Waals surface area contributed by atoms with Crippen molar-refractivity contribution in [3.05, 3.63) is 99.6 Å². The fourth-order valence-electron chi connectivity index (χ4n) is 4.72. The van der Waals surface area contributed by atoms with Gasteiger partial charge in [-0.3, -0.25) is 0 Å². The molecule has 27 heavy (non-hydrogen) atoms. The summed E-state index contributed by atoms with van der Waals surface area (Å²) >= 11 is 6.26. The molecule has 1 heterocycles. The Morgan fingerprint density at radius 2 is 1.85 bits per heavy atom. The second-order valence-corrected chi connectivity index (χ2v) is 7.77. The average molecular weight is 376 g/mol. The van der Waals surface area contributed by atoms with Gasteiger partial charge in [0.2, 0.25) is 0 Å². The zero-order valence-electron chi connectivity index (χ0n) is 14.5. The standard InChI is InChI=1S/C23H18ClNO2/c24-16-6-3-5-14(10-16)22-19-11-13-4-1-2-7-17(13)21(19)18-12-15(23(26)27)8-9-20(18)25-22/h1-10,12,19,21-22,25H,11H2,(H,26,27)/t19-,21+,22+/m1/s1. The van der Waals surface area contributed by atoms with Gasteiger partial charge >= 0.3 is 5.97 Å². The van der Waals surface area contributed by atoms with Crippen LogP contribution in [0.15, 0.2) is 66.7 Å². The predicted octanol–water partition coefficient (Wildman–Crippen LogP) is 5.51. The lowest BCUT2D eigenvalue weighted by molar-refractivity contribution is 0.0696. The van der Waals surface area contributed by atoms with Crippen LogP contribution in [0.4, 0.5) is 5.69 Å². The van der Waals surface area contributed by atoms with Crippen LogP contribution in [0.5, 0.6) is 0 Å². The molecule has 134 valence electrons. The molecule has 0 saturated heterocycles. The summed E-state index contributed by atoms with van der Waals surface area (Å²) in [6.07, 6.45) is 0.960. The highest BCUT2D eigenvalue weighted by Crippen LogP contribution is 2.54. The summed E-state index contributed by atoms with van der Waals surface area (Å²) < 4.78 is 0. The largest absolute Gasteiger partial charge is 0.478 e. The van der Waals surface area contributed by atoms with E-state index in [2.05, 4.69) is 35.6 Å². The van der Waals surface area contributed by atoms with E-state index in [4.69, 9.17) is 11.6 Å². The van der Waals surface area contributed by atoms with Gasteiger partial charge in [-0.25, -0.2) is 4.79 Å². The molecule has 0 aromatic heterocycles. The van der Waals surface area contributed by atoms with Crippen LogP contribution in [-0.2, 0) is 6.42 Å². The van der Waals surface area contributed by atoms with E-state index in [0.717, 1.165) is 22.7 Å². The molecule has 3 nitrogen and oxygen atoms in total. The van der Waals surface area contributed by atoms with Gasteiger partial charge in [0.15, 0.2) is 0 Å². The van der Waals surface area contributed by atoms with Crippen LogP contribution in [0.3, 0.4) is 0 Å². The van der Waals surface area contributed by atoms with Crippen molar-refractivity contribution in [1.29, 1.82) is 0 Å². The minimum atomic E-state index is -0.891. The SMILES string of the molecule is O=C(O)c1ccc2c(c1)[C@@H]1c3ccccc3C[C@H]1[C@H](c1cccc(Cl)c1)N2. The Morgan fingerprint density at radius 3 is 2.67 bits per heavy atom. The van der Waals surface area contributed by atoms with Gasteiger partial charge < -0.3 is 10.4 Å². The molecule has 1 aliphatic heterocycles. The first-order chi connectivity index (χ1) is 13.1. The summed E-state index contributed by atoms with van der Waals surface area (Å²) in [5.41, 5.74) is 6.22. The maximum Gasteiger partial charge on any atom is 0.335 e. The Balaban J connectivity index is 1.69. The molecule has 0 fully saturated rings. The third kappa shape index (κ3) is 2.62. The first-order valence-electron chi connectivity index (χ1n) is 9.09. The predicted molar refractivity (Wildman–Crippen MR) is 107 cm³/mol. The van der Waals surface area contributed by atoms with Crippen LogP contribution >= 0.6 is 11.6 Å². The first kappa shape index (κ1) is 16.4. The number of benzene rings is 3. The van der Waals surface area contributed by atoms with Crippen molar-refractivity contribution in [2.45, 2.75) is 18.4 Å². The smallest absolute Gasteiger partial charge is 0.335 e. The third-order valence-corrected chi connectivity index (χ3v) is 6.09. The zero-order valence-corrected chi connectivity index (χ0v) is 15.3. The molecule has 0 bridgehead atoms. The number of hydrogen-bond acceptors (Lipinski definition) is 2. The molecule has 2 N–H and O–H groups in total. The molecule has 1 aliphatic carbocycles. The first-order valence-corrected chi connectivity index (χ1v) is 9.46. The highest BCUT2D eigenvalue weighted by molar-refractivity contribution is 6.30. The summed E-state index contributed by atoms with van der Waals surface area (Å²) in [6.45, 7) is 0. The van der Waals surface area contributed by atoms with Gasteiger partial charge in [-0.05, 0) is 64.9 Å². The van der Waals surface area contributed by atoms with Crippen LogP contribution in [0.25, 0.3) is 0 Å². The van der Waals surface area contributed by atoms with Gasteiger partial charge in [-0.1, -0.05) is 48.0 Å². The average Bonchev–Trinajstić information content (AvgIpc) is 3.06. The molecule has 0 saturated carbocycles. The number of carbonyl (C=O) groups is 1. The molecular weight excluding hydrogens is 358 g/mol. The van der Waals surface area contributed by atoms with Gasteiger partial charge in [0.05, 0.1) is 11.6 Å². The lowest BCUT2D eigenvalue weighted by atomic mass is 9.75. The number of carboxylic acids is 1. The molecule has 2 aliphatic rings. The highest BCUT2D eigenvalue weighted by Gasteiger charge is 2.43.